The van der Waals surface area contributed by atoms with Gasteiger partial charge < -0.3 is 26.0 Å². The summed E-state index contributed by atoms with van der Waals surface area (Å²) in [6.45, 7) is 5.51. The highest BCUT2D eigenvalue weighted by Gasteiger charge is 2.20. The van der Waals surface area contributed by atoms with Crippen molar-refractivity contribution in [1.29, 1.82) is 0 Å². The van der Waals surface area contributed by atoms with Crippen molar-refractivity contribution in [3.8, 4) is 0 Å². The van der Waals surface area contributed by atoms with E-state index in [1.54, 1.807) is 45.0 Å². The first-order valence-electron chi connectivity index (χ1n) is 6.87. The van der Waals surface area contributed by atoms with Crippen molar-refractivity contribution in [1.82, 2.24) is 5.32 Å². The number of nitrogen functional groups attached to an aromatic ring is 1. The second-order valence-electron chi connectivity index (χ2n) is 5.90. The summed E-state index contributed by atoms with van der Waals surface area (Å²) < 4.78 is 5.07. The molecule has 21 heavy (non-hydrogen) atoms. The number of anilines is 1. The van der Waals surface area contributed by atoms with Crippen LogP contribution in [0.15, 0.2) is 24.3 Å². The lowest BCUT2D eigenvalue weighted by atomic mass is 10.0. The molecular formula is C15H24N2O4. The molecule has 1 aromatic rings. The van der Waals surface area contributed by atoms with E-state index in [1.807, 2.05) is 0 Å². The van der Waals surface area contributed by atoms with Gasteiger partial charge in [0.15, 0.2) is 0 Å². The summed E-state index contributed by atoms with van der Waals surface area (Å²) in [5, 5.41) is 22.5. The van der Waals surface area contributed by atoms with Crippen molar-refractivity contribution in [2.24, 2.45) is 0 Å². The van der Waals surface area contributed by atoms with Gasteiger partial charge in [-0.15, -0.1) is 0 Å². The molecule has 1 aromatic carbocycles. The lowest BCUT2D eigenvalue weighted by Gasteiger charge is -2.21. The number of nitrogens with two attached hydrogens (primary N) is 1. The lowest BCUT2D eigenvalue weighted by molar-refractivity contribution is 0.0123. The predicted octanol–water partition coefficient (Wildman–Crippen LogP) is 1.58. The fraction of sp³-hybridized carbons (Fsp3) is 0.533. The monoisotopic (exact) mass is 296 g/mol. The molecule has 0 aliphatic rings. The molecule has 0 spiro atoms. The van der Waals surface area contributed by atoms with E-state index >= 15 is 0 Å². The number of hydrogen-bond acceptors (Lipinski definition) is 5. The number of aliphatic hydroxyl groups is 2. The minimum Gasteiger partial charge on any atom is -0.444 e. The zero-order valence-corrected chi connectivity index (χ0v) is 12.7. The van der Waals surface area contributed by atoms with E-state index in [9.17, 15) is 15.0 Å². The molecule has 1 rings (SSSR count). The highest BCUT2D eigenvalue weighted by atomic mass is 16.6. The molecule has 0 aliphatic heterocycles. The summed E-state index contributed by atoms with van der Waals surface area (Å²) >= 11 is 0. The van der Waals surface area contributed by atoms with Crippen LogP contribution in [0.25, 0.3) is 0 Å². The van der Waals surface area contributed by atoms with Gasteiger partial charge in [-0.2, -0.15) is 0 Å². The van der Waals surface area contributed by atoms with E-state index in [1.165, 1.54) is 0 Å². The highest BCUT2D eigenvalue weighted by Crippen LogP contribution is 2.20. The Balaban J connectivity index is 2.40. The van der Waals surface area contributed by atoms with Gasteiger partial charge in [-0.3, -0.25) is 0 Å². The minimum atomic E-state index is -1.05. The average molecular weight is 296 g/mol. The molecule has 1 amide bonds. The largest absolute Gasteiger partial charge is 0.444 e. The maximum atomic E-state index is 11.4. The number of carbonyl (C=O) groups excluding carboxylic acids is 1. The number of alkyl carbamates (subject to hydrolysis) is 1. The summed E-state index contributed by atoms with van der Waals surface area (Å²) in [5.74, 6) is 0. The van der Waals surface area contributed by atoms with Crippen LogP contribution in [0.4, 0.5) is 10.5 Å². The van der Waals surface area contributed by atoms with E-state index in [2.05, 4.69) is 5.32 Å². The van der Waals surface area contributed by atoms with Crippen molar-refractivity contribution in [2.75, 3.05) is 12.3 Å². The third-order valence-corrected chi connectivity index (χ3v) is 2.72. The van der Waals surface area contributed by atoms with Gasteiger partial charge in [0.25, 0.3) is 0 Å². The van der Waals surface area contributed by atoms with E-state index in [4.69, 9.17) is 10.5 Å². The smallest absolute Gasteiger partial charge is 0.407 e. The number of amides is 1. The highest BCUT2D eigenvalue weighted by molar-refractivity contribution is 5.67. The maximum absolute atomic E-state index is 11.4. The second-order valence-corrected chi connectivity index (χ2v) is 5.90. The summed E-state index contributed by atoms with van der Waals surface area (Å²) in [4.78, 5) is 11.4. The molecule has 118 valence electrons. The number of rotatable bonds is 5. The molecule has 0 aromatic heterocycles. The quantitative estimate of drug-likeness (QED) is 0.617. The third-order valence-electron chi connectivity index (χ3n) is 2.72. The van der Waals surface area contributed by atoms with Gasteiger partial charge >= 0.3 is 6.09 Å². The lowest BCUT2D eigenvalue weighted by Crippen LogP contribution is -2.34. The zero-order chi connectivity index (χ0) is 16.0. The normalized spacial score (nSPS) is 14.3. The molecule has 6 nitrogen and oxygen atoms in total. The van der Waals surface area contributed by atoms with Gasteiger partial charge in [-0.1, -0.05) is 12.1 Å². The Hall–Kier alpha value is -1.79. The first kappa shape index (κ1) is 17.3. The van der Waals surface area contributed by atoms with Crippen molar-refractivity contribution >= 4 is 11.8 Å². The van der Waals surface area contributed by atoms with Gasteiger partial charge in [0.1, 0.15) is 11.7 Å². The van der Waals surface area contributed by atoms with Crippen LogP contribution in [0.3, 0.4) is 0 Å². The van der Waals surface area contributed by atoms with Crippen LogP contribution >= 0.6 is 0 Å². The van der Waals surface area contributed by atoms with Crippen molar-refractivity contribution in [3.05, 3.63) is 29.8 Å². The zero-order valence-electron chi connectivity index (χ0n) is 12.7. The van der Waals surface area contributed by atoms with Gasteiger partial charge in [-0.25, -0.2) is 4.79 Å². The number of ether oxygens (including phenoxy) is 1. The summed E-state index contributed by atoms with van der Waals surface area (Å²) in [6, 6.07) is 6.70. The Kier molecular flexibility index (Phi) is 5.99. The van der Waals surface area contributed by atoms with Crippen LogP contribution in [0, 0.1) is 0 Å². The first-order valence-corrected chi connectivity index (χ1v) is 6.87. The standard InChI is InChI=1S/C15H24N2O4/c1-15(2,3)21-14(20)17-8-7-12(18)13(19)10-5-4-6-11(16)9-10/h4-6,9,12-13,18-19H,7-8,16H2,1-3H3,(H,17,20). The van der Waals surface area contributed by atoms with Crippen molar-refractivity contribution < 1.29 is 19.7 Å². The Bertz CT molecular complexity index is 471. The number of aliphatic hydroxyl groups excluding tert-OH is 2. The van der Waals surface area contributed by atoms with E-state index in [0.29, 0.717) is 11.3 Å². The predicted molar refractivity (Wildman–Crippen MR) is 80.7 cm³/mol. The van der Waals surface area contributed by atoms with Crippen LogP contribution in [0.1, 0.15) is 38.9 Å². The van der Waals surface area contributed by atoms with Gasteiger partial charge in [-0.05, 0) is 44.9 Å². The van der Waals surface area contributed by atoms with Crippen LogP contribution < -0.4 is 11.1 Å². The summed E-state index contributed by atoms with van der Waals surface area (Å²) in [7, 11) is 0. The second kappa shape index (κ2) is 7.28. The molecule has 0 bridgehead atoms. The number of nitrogens with one attached hydrogen (secondary N) is 1. The van der Waals surface area contributed by atoms with Gasteiger partial charge in [0.05, 0.1) is 6.10 Å². The van der Waals surface area contributed by atoms with Crippen LogP contribution in [0.2, 0.25) is 0 Å². The fourth-order valence-electron chi connectivity index (χ4n) is 1.76. The van der Waals surface area contributed by atoms with Crippen LogP contribution in [0.5, 0.6) is 0 Å². The average Bonchev–Trinajstić information content (AvgIpc) is 2.35. The number of benzene rings is 1. The Morgan fingerprint density at radius 1 is 1.38 bits per heavy atom. The Morgan fingerprint density at radius 2 is 2.05 bits per heavy atom. The maximum Gasteiger partial charge on any atom is 0.407 e. The third kappa shape index (κ3) is 6.46. The molecule has 2 atom stereocenters. The number of hydrogen-bond donors (Lipinski definition) is 4. The Morgan fingerprint density at radius 3 is 2.62 bits per heavy atom. The molecule has 0 radical (unpaired) electrons. The Labute approximate surface area is 124 Å². The molecular weight excluding hydrogens is 272 g/mol. The molecule has 5 N–H and O–H groups in total. The SMILES string of the molecule is CC(C)(C)OC(=O)NCCC(O)C(O)c1cccc(N)c1. The molecule has 0 fully saturated rings. The molecule has 0 aliphatic carbocycles. The molecule has 2 unspecified atom stereocenters. The minimum absolute atomic E-state index is 0.204. The number of carbonyl (C=O) groups is 1. The van der Waals surface area contributed by atoms with Gasteiger partial charge in [0, 0.05) is 12.2 Å². The molecule has 6 heteroatoms. The van der Waals surface area contributed by atoms with Crippen molar-refractivity contribution in [3.63, 3.8) is 0 Å². The van der Waals surface area contributed by atoms with E-state index < -0.39 is 23.9 Å². The van der Waals surface area contributed by atoms with Crippen LogP contribution in [-0.2, 0) is 4.74 Å². The van der Waals surface area contributed by atoms with E-state index in [0.717, 1.165) is 0 Å². The van der Waals surface area contributed by atoms with E-state index in [-0.39, 0.29) is 13.0 Å². The first-order chi connectivity index (χ1) is 9.69. The topological polar surface area (TPSA) is 105 Å². The molecule has 0 saturated carbocycles. The summed E-state index contributed by atoms with van der Waals surface area (Å²) in [6.07, 6.45) is -2.39. The van der Waals surface area contributed by atoms with Crippen LogP contribution in [-0.4, -0.2) is 34.6 Å². The summed E-state index contributed by atoms with van der Waals surface area (Å²) in [5.41, 5.74) is 6.12. The van der Waals surface area contributed by atoms with Crippen molar-refractivity contribution in [2.45, 2.75) is 45.0 Å². The fourth-order valence-corrected chi connectivity index (χ4v) is 1.76. The molecule has 0 saturated heterocycles. The van der Waals surface area contributed by atoms with Gasteiger partial charge in [0.2, 0.25) is 0 Å². The molecule has 0 heterocycles.